The largest absolute Gasteiger partial charge is 0.478 e. The molecule has 0 aliphatic heterocycles. The van der Waals surface area contributed by atoms with E-state index in [1.165, 1.54) is 23.4 Å². The Kier molecular flexibility index (Phi) is 5.65. The molecule has 6 heteroatoms. The number of fused-ring (bicyclic) bond motifs is 1. The van der Waals surface area contributed by atoms with E-state index in [1.807, 2.05) is 32.2 Å². The molecular weight excluding hydrogens is 376 g/mol. The number of carboxylic acid groups (broad SMARTS) is 1. The molecule has 0 saturated carbocycles. The Bertz CT molecular complexity index is 1070. The van der Waals surface area contributed by atoms with E-state index < -0.39 is 5.97 Å². The number of carboxylic acids is 1. The number of nitrogens with zero attached hydrogens (tertiary/aromatic N) is 3. The first-order valence-corrected chi connectivity index (χ1v) is 10.2. The number of aryl methyl sites for hydroxylation is 2. The summed E-state index contributed by atoms with van der Waals surface area (Å²) in [4.78, 5) is 22.2. The smallest absolute Gasteiger partial charge is 0.337 e. The lowest BCUT2D eigenvalue weighted by Crippen LogP contribution is -2.20. The van der Waals surface area contributed by atoms with Crippen LogP contribution in [0, 0.1) is 6.92 Å². The fraction of sp³-hybridized carbons (Fsp3) is 0.292. The third-order valence-corrected chi connectivity index (χ3v) is 5.76. The van der Waals surface area contributed by atoms with Gasteiger partial charge >= 0.3 is 5.97 Å². The van der Waals surface area contributed by atoms with E-state index in [0.717, 1.165) is 36.5 Å². The highest BCUT2D eigenvalue weighted by Gasteiger charge is 2.22. The van der Waals surface area contributed by atoms with Gasteiger partial charge in [-0.1, -0.05) is 12.1 Å². The lowest BCUT2D eigenvalue weighted by molar-refractivity contribution is 0.0698. The molecule has 1 aliphatic rings. The summed E-state index contributed by atoms with van der Waals surface area (Å²) in [5, 5.41) is 12.7. The lowest BCUT2D eigenvalue weighted by atomic mass is 9.82. The predicted molar refractivity (Wildman–Crippen MR) is 119 cm³/mol. The van der Waals surface area contributed by atoms with Crippen LogP contribution in [0.3, 0.4) is 0 Å². The van der Waals surface area contributed by atoms with Gasteiger partial charge in [0.2, 0.25) is 0 Å². The zero-order valence-corrected chi connectivity index (χ0v) is 17.3. The van der Waals surface area contributed by atoms with Crippen molar-refractivity contribution >= 4 is 23.2 Å². The number of carbonyl (C=O) groups is 1. The number of aromatic nitrogens is 2. The van der Waals surface area contributed by atoms with Crippen LogP contribution in [0.15, 0.2) is 54.9 Å². The van der Waals surface area contributed by atoms with Gasteiger partial charge < -0.3 is 15.3 Å². The molecule has 0 unspecified atom stereocenters. The first-order chi connectivity index (χ1) is 14.5. The highest BCUT2D eigenvalue weighted by atomic mass is 16.4. The zero-order valence-electron chi connectivity index (χ0n) is 17.3. The highest BCUT2D eigenvalue weighted by molar-refractivity contribution is 5.93. The minimum atomic E-state index is -0.943. The van der Waals surface area contributed by atoms with Crippen LogP contribution in [0.4, 0.5) is 17.2 Å². The molecule has 1 aromatic carbocycles. The van der Waals surface area contributed by atoms with E-state index in [0.29, 0.717) is 18.2 Å². The number of hydrogen-bond donors (Lipinski definition) is 2. The fourth-order valence-electron chi connectivity index (χ4n) is 4.12. The fourth-order valence-corrected chi connectivity index (χ4v) is 4.12. The number of benzene rings is 1. The van der Waals surface area contributed by atoms with Crippen molar-refractivity contribution in [2.24, 2.45) is 0 Å². The van der Waals surface area contributed by atoms with Crippen LogP contribution < -0.4 is 10.2 Å². The molecule has 2 heterocycles. The van der Waals surface area contributed by atoms with E-state index in [2.05, 4.69) is 38.4 Å². The summed E-state index contributed by atoms with van der Waals surface area (Å²) < 4.78 is 0. The van der Waals surface area contributed by atoms with Crippen LogP contribution in [-0.2, 0) is 6.42 Å². The Balaban J connectivity index is 1.53. The lowest BCUT2D eigenvalue weighted by Gasteiger charge is -2.28. The molecule has 0 saturated heterocycles. The second-order valence-corrected chi connectivity index (χ2v) is 7.78. The standard InChI is InChI=1S/C24H26N4O2/c1-16-5-3-8-23(27-16)28(2)19-9-10-20-17(13-19)6-4-7-18(20)14-26-22-15-25-12-11-21(22)24(29)30/h3,5,8-13,15,18,26H,4,6-7,14H2,1-2H3,(H,29,30)/t18-/m0/s1. The van der Waals surface area contributed by atoms with E-state index in [9.17, 15) is 9.90 Å². The number of anilines is 3. The second-order valence-electron chi connectivity index (χ2n) is 7.78. The molecule has 2 N–H and O–H groups in total. The van der Waals surface area contributed by atoms with Crippen molar-refractivity contribution < 1.29 is 9.90 Å². The van der Waals surface area contributed by atoms with Gasteiger partial charge in [-0.3, -0.25) is 4.98 Å². The predicted octanol–water partition coefficient (Wildman–Crippen LogP) is 4.78. The summed E-state index contributed by atoms with van der Waals surface area (Å²) in [6.07, 6.45) is 6.35. The van der Waals surface area contributed by atoms with Crippen LogP contribution >= 0.6 is 0 Å². The first-order valence-electron chi connectivity index (χ1n) is 10.2. The summed E-state index contributed by atoms with van der Waals surface area (Å²) in [7, 11) is 2.04. The van der Waals surface area contributed by atoms with Crippen molar-refractivity contribution in [3.05, 3.63) is 77.2 Å². The summed E-state index contributed by atoms with van der Waals surface area (Å²) in [5.41, 5.74) is 5.64. The second kappa shape index (κ2) is 8.53. The van der Waals surface area contributed by atoms with Crippen LogP contribution in [0.1, 0.15) is 45.9 Å². The minimum Gasteiger partial charge on any atom is -0.478 e. The Labute approximate surface area is 176 Å². The van der Waals surface area contributed by atoms with E-state index >= 15 is 0 Å². The van der Waals surface area contributed by atoms with E-state index in [4.69, 9.17) is 0 Å². The average molecular weight is 402 g/mol. The Morgan fingerprint density at radius 2 is 2.13 bits per heavy atom. The third-order valence-electron chi connectivity index (χ3n) is 5.76. The molecule has 0 amide bonds. The maximum absolute atomic E-state index is 11.4. The molecule has 0 fully saturated rings. The summed E-state index contributed by atoms with van der Waals surface area (Å²) in [6, 6.07) is 14.2. The summed E-state index contributed by atoms with van der Waals surface area (Å²) in [6.45, 7) is 2.69. The topological polar surface area (TPSA) is 78.4 Å². The first kappa shape index (κ1) is 19.9. The Morgan fingerprint density at radius 3 is 2.93 bits per heavy atom. The van der Waals surface area contributed by atoms with Gasteiger partial charge in [0.25, 0.3) is 0 Å². The number of pyridine rings is 2. The minimum absolute atomic E-state index is 0.253. The Morgan fingerprint density at radius 1 is 1.27 bits per heavy atom. The number of nitrogens with one attached hydrogen (secondary N) is 1. The van der Waals surface area contributed by atoms with Gasteiger partial charge in [-0.25, -0.2) is 9.78 Å². The molecule has 30 heavy (non-hydrogen) atoms. The molecule has 2 aromatic heterocycles. The average Bonchev–Trinajstić information content (AvgIpc) is 2.76. The summed E-state index contributed by atoms with van der Waals surface area (Å²) in [5.74, 6) is 0.329. The maximum Gasteiger partial charge on any atom is 0.337 e. The van der Waals surface area contributed by atoms with E-state index in [1.54, 1.807) is 6.20 Å². The van der Waals surface area contributed by atoms with Crippen LogP contribution in [0.2, 0.25) is 0 Å². The van der Waals surface area contributed by atoms with Gasteiger partial charge in [0, 0.05) is 37.1 Å². The molecular formula is C24H26N4O2. The maximum atomic E-state index is 11.4. The van der Waals surface area contributed by atoms with Gasteiger partial charge in [-0.15, -0.1) is 0 Å². The molecule has 6 nitrogen and oxygen atoms in total. The zero-order chi connectivity index (χ0) is 21.1. The molecule has 4 rings (SSSR count). The van der Waals surface area contributed by atoms with Gasteiger partial charge in [-0.05, 0) is 67.6 Å². The van der Waals surface area contributed by atoms with Crippen molar-refractivity contribution in [3.8, 4) is 0 Å². The van der Waals surface area contributed by atoms with Crippen molar-refractivity contribution in [3.63, 3.8) is 0 Å². The van der Waals surface area contributed by atoms with Crippen molar-refractivity contribution in [2.45, 2.75) is 32.1 Å². The van der Waals surface area contributed by atoms with Crippen LogP contribution in [-0.4, -0.2) is 34.6 Å². The number of hydrogen-bond acceptors (Lipinski definition) is 5. The molecule has 0 spiro atoms. The third kappa shape index (κ3) is 4.13. The quantitative estimate of drug-likeness (QED) is 0.618. The van der Waals surface area contributed by atoms with Gasteiger partial charge in [0.1, 0.15) is 5.82 Å². The van der Waals surface area contributed by atoms with E-state index in [-0.39, 0.29) is 5.56 Å². The summed E-state index contributed by atoms with van der Waals surface area (Å²) >= 11 is 0. The van der Waals surface area contributed by atoms with Crippen molar-refractivity contribution in [2.75, 3.05) is 23.8 Å². The van der Waals surface area contributed by atoms with Crippen LogP contribution in [0.25, 0.3) is 0 Å². The molecule has 1 aliphatic carbocycles. The van der Waals surface area contributed by atoms with Gasteiger partial charge in [-0.2, -0.15) is 0 Å². The Hall–Kier alpha value is -3.41. The SMILES string of the molecule is Cc1cccc(N(C)c2ccc3c(c2)CCC[C@H]3CNc2cnccc2C(=O)O)n1. The van der Waals surface area contributed by atoms with Crippen LogP contribution in [0.5, 0.6) is 0 Å². The molecule has 3 aromatic rings. The van der Waals surface area contributed by atoms with Gasteiger partial charge in [0.05, 0.1) is 17.4 Å². The molecule has 1 atom stereocenters. The number of rotatable bonds is 6. The molecule has 0 bridgehead atoms. The van der Waals surface area contributed by atoms with Crippen molar-refractivity contribution in [1.82, 2.24) is 9.97 Å². The molecule has 0 radical (unpaired) electrons. The molecule has 154 valence electrons. The normalized spacial score (nSPS) is 15.3. The number of aromatic carboxylic acids is 1. The van der Waals surface area contributed by atoms with Crippen molar-refractivity contribution in [1.29, 1.82) is 0 Å². The monoisotopic (exact) mass is 402 g/mol. The van der Waals surface area contributed by atoms with Gasteiger partial charge in [0.15, 0.2) is 0 Å². The highest BCUT2D eigenvalue weighted by Crippen LogP contribution is 2.35.